The summed E-state index contributed by atoms with van der Waals surface area (Å²) in [4.78, 5) is 28.9. The molecule has 1 atom stereocenters. The summed E-state index contributed by atoms with van der Waals surface area (Å²) in [6, 6.07) is 5.62. The second-order valence-corrected chi connectivity index (χ2v) is 6.66. The maximum atomic E-state index is 11.9. The lowest BCUT2D eigenvalue weighted by Crippen LogP contribution is -2.25. The molecule has 2 aromatic rings. The quantitative estimate of drug-likeness (QED) is 0.882. The Hall–Kier alpha value is -1.60. The van der Waals surface area contributed by atoms with Crippen LogP contribution in [-0.2, 0) is 9.59 Å². The average molecular weight is 308 g/mol. The highest BCUT2D eigenvalue weighted by molar-refractivity contribution is 8.00. The van der Waals surface area contributed by atoms with Gasteiger partial charge in [0.15, 0.2) is 4.34 Å². The van der Waals surface area contributed by atoms with Gasteiger partial charge in [0.05, 0.1) is 16.1 Å². The minimum Gasteiger partial charge on any atom is -0.481 e. The van der Waals surface area contributed by atoms with Crippen molar-refractivity contribution >= 4 is 50.9 Å². The standard InChI is InChI=1S/C13H12N2O3S2/c1-19-13-14-9-3-2-8(5-10(9)20-13)15-6-7(12(17)18)4-11(15)16/h2-3,5,7H,4,6H2,1H3,(H,17,18). The molecular weight excluding hydrogens is 296 g/mol. The lowest BCUT2D eigenvalue weighted by molar-refractivity contribution is -0.141. The zero-order chi connectivity index (χ0) is 14.3. The molecule has 1 aliphatic heterocycles. The number of amides is 1. The fraction of sp³-hybridized carbons (Fsp3) is 0.308. The van der Waals surface area contributed by atoms with Crippen molar-refractivity contribution in [1.82, 2.24) is 4.98 Å². The van der Waals surface area contributed by atoms with Crippen molar-refractivity contribution in [3.63, 3.8) is 0 Å². The minimum absolute atomic E-state index is 0.0755. The van der Waals surface area contributed by atoms with Crippen LogP contribution < -0.4 is 4.90 Å². The fourth-order valence-corrected chi connectivity index (χ4v) is 3.79. The highest BCUT2D eigenvalue weighted by Crippen LogP contribution is 2.33. The monoisotopic (exact) mass is 308 g/mol. The van der Waals surface area contributed by atoms with Crippen LogP contribution >= 0.6 is 23.1 Å². The number of hydrogen-bond donors (Lipinski definition) is 1. The number of rotatable bonds is 3. The van der Waals surface area contributed by atoms with Gasteiger partial charge < -0.3 is 10.0 Å². The number of benzene rings is 1. The molecule has 0 bridgehead atoms. The summed E-state index contributed by atoms with van der Waals surface area (Å²) in [5, 5.41) is 9.01. The molecule has 1 N–H and O–H groups in total. The molecule has 2 heterocycles. The Morgan fingerprint density at radius 3 is 3.00 bits per heavy atom. The van der Waals surface area contributed by atoms with Crippen molar-refractivity contribution in [1.29, 1.82) is 0 Å². The Morgan fingerprint density at radius 2 is 2.35 bits per heavy atom. The number of carbonyl (C=O) groups is 2. The van der Waals surface area contributed by atoms with Crippen molar-refractivity contribution in [3.8, 4) is 0 Å². The maximum Gasteiger partial charge on any atom is 0.308 e. The molecule has 20 heavy (non-hydrogen) atoms. The van der Waals surface area contributed by atoms with Crippen molar-refractivity contribution in [2.24, 2.45) is 5.92 Å². The lowest BCUT2D eigenvalue weighted by atomic mass is 10.1. The lowest BCUT2D eigenvalue weighted by Gasteiger charge is -2.15. The van der Waals surface area contributed by atoms with Gasteiger partial charge in [-0.2, -0.15) is 0 Å². The van der Waals surface area contributed by atoms with Gasteiger partial charge in [0.25, 0.3) is 0 Å². The van der Waals surface area contributed by atoms with E-state index >= 15 is 0 Å². The normalized spacial score (nSPS) is 18.9. The summed E-state index contributed by atoms with van der Waals surface area (Å²) >= 11 is 3.16. The first kappa shape index (κ1) is 13.4. The molecule has 0 radical (unpaired) electrons. The van der Waals surface area contributed by atoms with Gasteiger partial charge in [0.2, 0.25) is 5.91 Å². The van der Waals surface area contributed by atoms with E-state index in [0.717, 1.165) is 20.2 Å². The van der Waals surface area contributed by atoms with Crippen LogP contribution in [0.3, 0.4) is 0 Å². The number of aromatic nitrogens is 1. The van der Waals surface area contributed by atoms with E-state index in [9.17, 15) is 9.59 Å². The van der Waals surface area contributed by atoms with E-state index in [1.165, 1.54) is 0 Å². The molecule has 1 aromatic heterocycles. The molecule has 1 aromatic carbocycles. The molecule has 5 nitrogen and oxygen atoms in total. The largest absolute Gasteiger partial charge is 0.481 e. The first-order valence-corrected chi connectivity index (χ1v) is 8.10. The Bertz CT molecular complexity index is 698. The van der Waals surface area contributed by atoms with Crippen LogP contribution in [0.15, 0.2) is 22.5 Å². The summed E-state index contributed by atoms with van der Waals surface area (Å²) in [6.45, 7) is 0.244. The van der Waals surface area contributed by atoms with E-state index in [1.807, 2.05) is 24.5 Å². The first-order valence-electron chi connectivity index (χ1n) is 6.06. The Kier molecular flexibility index (Phi) is 3.39. The van der Waals surface area contributed by atoms with Gasteiger partial charge in [0, 0.05) is 18.7 Å². The third-order valence-electron chi connectivity index (χ3n) is 3.31. The van der Waals surface area contributed by atoms with Crippen LogP contribution in [-0.4, -0.2) is 34.8 Å². The Morgan fingerprint density at radius 1 is 1.55 bits per heavy atom. The van der Waals surface area contributed by atoms with Crippen molar-refractivity contribution < 1.29 is 14.7 Å². The predicted octanol–water partition coefficient (Wildman–Crippen LogP) is 2.46. The maximum absolute atomic E-state index is 11.9. The van der Waals surface area contributed by atoms with E-state index in [1.54, 1.807) is 28.0 Å². The fourth-order valence-electron chi connectivity index (χ4n) is 2.27. The number of thioether (sulfide) groups is 1. The second-order valence-electron chi connectivity index (χ2n) is 4.58. The smallest absolute Gasteiger partial charge is 0.308 e. The number of aliphatic carboxylic acids is 1. The van der Waals surface area contributed by atoms with Crippen LogP contribution in [0.2, 0.25) is 0 Å². The molecule has 7 heteroatoms. The van der Waals surface area contributed by atoms with E-state index in [2.05, 4.69) is 4.98 Å². The molecule has 0 spiro atoms. The number of thiazole rings is 1. The molecule has 1 unspecified atom stereocenters. The van der Waals surface area contributed by atoms with E-state index in [4.69, 9.17) is 5.11 Å². The molecule has 104 valence electrons. The number of carboxylic acids is 1. The van der Waals surface area contributed by atoms with Crippen molar-refractivity contribution in [2.45, 2.75) is 10.8 Å². The van der Waals surface area contributed by atoms with Gasteiger partial charge in [-0.05, 0) is 24.5 Å². The molecule has 1 aliphatic rings. The SMILES string of the molecule is CSc1nc2ccc(N3CC(C(=O)O)CC3=O)cc2s1. The van der Waals surface area contributed by atoms with Gasteiger partial charge in [-0.1, -0.05) is 11.8 Å². The number of anilines is 1. The summed E-state index contributed by atoms with van der Waals surface area (Å²) in [6.07, 6.45) is 2.05. The summed E-state index contributed by atoms with van der Waals surface area (Å²) in [5.74, 6) is -1.66. The molecular formula is C13H12N2O3S2. The van der Waals surface area contributed by atoms with Gasteiger partial charge >= 0.3 is 5.97 Å². The minimum atomic E-state index is -0.913. The average Bonchev–Trinajstić information content (AvgIpc) is 3.00. The summed E-state index contributed by atoms with van der Waals surface area (Å²) in [7, 11) is 0. The zero-order valence-electron chi connectivity index (χ0n) is 10.7. The van der Waals surface area contributed by atoms with E-state index in [-0.39, 0.29) is 18.9 Å². The van der Waals surface area contributed by atoms with Crippen LogP contribution in [0.1, 0.15) is 6.42 Å². The number of fused-ring (bicyclic) bond motifs is 1. The third-order valence-corrected chi connectivity index (χ3v) is 5.32. The first-order chi connectivity index (χ1) is 9.58. The molecule has 1 saturated heterocycles. The molecule has 0 saturated carbocycles. The molecule has 3 rings (SSSR count). The van der Waals surface area contributed by atoms with Crippen LogP contribution in [0.5, 0.6) is 0 Å². The number of hydrogen-bond acceptors (Lipinski definition) is 5. The molecule has 1 fully saturated rings. The predicted molar refractivity (Wildman–Crippen MR) is 79.5 cm³/mol. The molecule has 0 aliphatic carbocycles. The number of carbonyl (C=O) groups excluding carboxylic acids is 1. The van der Waals surface area contributed by atoms with Gasteiger partial charge in [-0.15, -0.1) is 11.3 Å². The number of carboxylic acid groups (broad SMARTS) is 1. The van der Waals surface area contributed by atoms with E-state index < -0.39 is 11.9 Å². The highest BCUT2D eigenvalue weighted by atomic mass is 32.2. The Labute approximate surface area is 123 Å². The van der Waals surface area contributed by atoms with Gasteiger partial charge in [0.1, 0.15) is 0 Å². The van der Waals surface area contributed by atoms with Gasteiger partial charge in [-0.25, -0.2) is 4.98 Å². The molecule has 1 amide bonds. The topological polar surface area (TPSA) is 70.5 Å². The summed E-state index contributed by atoms with van der Waals surface area (Å²) < 4.78 is 1.99. The zero-order valence-corrected chi connectivity index (χ0v) is 12.3. The van der Waals surface area contributed by atoms with Crippen molar-refractivity contribution in [2.75, 3.05) is 17.7 Å². The van der Waals surface area contributed by atoms with Crippen LogP contribution in [0, 0.1) is 5.92 Å². The summed E-state index contributed by atoms with van der Waals surface area (Å²) in [5.41, 5.74) is 1.66. The van der Waals surface area contributed by atoms with E-state index in [0.29, 0.717) is 0 Å². The van der Waals surface area contributed by atoms with Crippen molar-refractivity contribution in [3.05, 3.63) is 18.2 Å². The van der Waals surface area contributed by atoms with Crippen LogP contribution in [0.4, 0.5) is 5.69 Å². The Balaban J connectivity index is 1.94. The second kappa shape index (κ2) is 5.06. The van der Waals surface area contributed by atoms with Crippen LogP contribution in [0.25, 0.3) is 10.2 Å². The highest BCUT2D eigenvalue weighted by Gasteiger charge is 2.35. The van der Waals surface area contributed by atoms with Gasteiger partial charge in [-0.3, -0.25) is 9.59 Å². The number of nitrogens with zero attached hydrogens (tertiary/aromatic N) is 2. The third kappa shape index (κ3) is 2.27.